The standard InChI is InChI=1S/C18H31N5O/c1-15(2)13-22(12-11-21(3)4)17(24)16-7-5-10-23(14-16)18-19-8-6-9-20-18/h6,8-9,15-16H,5,7,10-14H2,1-4H3/t16-/m0/s1. The molecule has 1 atom stereocenters. The number of likely N-dealkylation sites (N-methyl/N-ethyl adjacent to an activating group) is 1. The van der Waals surface area contributed by atoms with Gasteiger partial charge in [-0.1, -0.05) is 13.8 Å². The average Bonchev–Trinajstić information content (AvgIpc) is 2.58. The first-order valence-electron chi connectivity index (χ1n) is 8.93. The third kappa shape index (κ3) is 5.44. The molecule has 0 radical (unpaired) electrons. The molecule has 2 heterocycles. The lowest BCUT2D eigenvalue weighted by molar-refractivity contribution is -0.136. The first-order valence-corrected chi connectivity index (χ1v) is 8.93. The first-order chi connectivity index (χ1) is 11.5. The molecule has 0 aliphatic carbocycles. The maximum Gasteiger partial charge on any atom is 0.227 e. The highest BCUT2D eigenvalue weighted by Gasteiger charge is 2.30. The van der Waals surface area contributed by atoms with Crippen molar-refractivity contribution >= 4 is 11.9 Å². The number of rotatable bonds is 7. The molecule has 0 unspecified atom stereocenters. The third-order valence-corrected chi connectivity index (χ3v) is 4.32. The SMILES string of the molecule is CC(C)CN(CCN(C)C)C(=O)[C@H]1CCCN(c2ncccn2)C1. The van der Waals surface area contributed by atoms with E-state index in [9.17, 15) is 4.79 Å². The lowest BCUT2D eigenvalue weighted by Crippen LogP contribution is -2.47. The van der Waals surface area contributed by atoms with Crippen LogP contribution in [0.15, 0.2) is 18.5 Å². The topological polar surface area (TPSA) is 52.6 Å². The zero-order valence-corrected chi connectivity index (χ0v) is 15.5. The summed E-state index contributed by atoms with van der Waals surface area (Å²) >= 11 is 0. The fourth-order valence-corrected chi connectivity index (χ4v) is 3.13. The van der Waals surface area contributed by atoms with Crippen LogP contribution in [0, 0.1) is 11.8 Å². The maximum absolute atomic E-state index is 13.1. The number of amides is 1. The fraction of sp³-hybridized carbons (Fsp3) is 0.722. The molecule has 0 spiro atoms. The molecule has 2 rings (SSSR count). The van der Waals surface area contributed by atoms with Crippen LogP contribution in [0.25, 0.3) is 0 Å². The second-order valence-electron chi connectivity index (χ2n) is 7.32. The van der Waals surface area contributed by atoms with Gasteiger partial charge in [0.15, 0.2) is 0 Å². The minimum atomic E-state index is 0.0449. The minimum Gasteiger partial charge on any atom is -0.341 e. The average molecular weight is 333 g/mol. The molecule has 1 aromatic rings. The Morgan fingerprint density at radius 2 is 2.00 bits per heavy atom. The summed E-state index contributed by atoms with van der Waals surface area (Å²) in [5, 5.41) is 0. The third-order valence-electron chi connectivity index (χ3n) is 4.32. The first kappa shape index (κ1) is 18.6. The van der Waals surface area contributed by atoms with Crippen molar-refractivity contribution in [2.75, 3.05) is 51.7 Å². The molecule has 6 nitrogen and oxygen atoms in total. The van der Waals surface area contributed by atoms with Gasteiger partial charge in [-0.25, -0.2) is 9.97 Å². The Kier molecular flexibility index (Phi) is 6.97. The second-order valence-corrected chi connectivity index (χ2v) is 7.32. The van der Waals surface area contributed by atoms with Crippen molar-refractivity contribution in [2.45, 2.75) is 26.7 Å². The largest absolute Gasteiger partial charge is 0.341 e. The van der Waals surface area contributed by atoms with Gasteiger partial charge in [0.25, 0.3) is 0 Å². The van der Waals surface area contributed by atoms with Gasteiger partial charge in [0.05, 0.1) is 5.92 Å². The highest BCUT2D eigenvalue weighted by atomic mass is 16.2. The number of hydrogen-bond acceptors (Lipinski definition) is 5. The fourth-order valence-electron chi connectivity index (χ4n) is 3.13. The van der Waals surface area contributed by atoms with Crippen molar-refractivity contribution in [3.05, 3.63) is 18.5 Å². The lowest BCUT2D eigenvalue weighted by Gasteiger charge is -2.35. The van der Waals surface area contributed by atoms with Gasteiger partial charge in [-0.05, 0) is 38.9 Å². The molecular formula is C18H31N5O. The molecule has 6 heteroatoms. The van der Waals surface area contributed by atoms with Crippen molar-refractivity contribution in [2.24, 2.45) is 11.8 Å². The highest BCUT2D eigenvalue weighted by molar-refractivity contribution is 5.79. The number of carbonyl (C=O) groups excluding carboxylic acids is 1. The van der Waals surface area contributed by atoms with Crippen molar-refractivity contribution in [1.29, 1.82) is 0 Å². The Bertz CT molecular complexity index is 505. The summed E-state index contributed by atoms with van der Waals surface area (Å²) in [7, 11) is 4.10. The summed E-state index contributed by atoms with van der Waals surface area (Å²) < 4.78 is 0. The molecule has 0 bridgehead atoms. The summed E-state index contributed by atoms with van der Waals surface area (Å²) in [6.07, 6.45) is 5.49. The van der Waals surface area contributed by atoms with Crippen LogP contribution in [0.5, 0.6) is 0 Å². The summed E-state index contributed by atoms with van der Waals surface area (Å²) in [4.78, 5) is 28.0. The van der Waals surface area contributed by atoms with Crippen molar-refractivity contribution in [1.82, 2.24) is 19.8 Å². The van der Waals surface area contributed by atoms with Crippen molar-refractivity contribution in [3.63, 3.8) is 0 Å². The van der Waals surface area contributed by atoms with Gasteiger partial charge in [-0.15, -0.1) is 0 Å². The van der Waals surface area contributed by atoms with Gasteiger partial charge in [0.2, 0.25) is 11.9 Å². The molecule has 134 valence electrons. The van der Waals surface area contributed by atoms with Gasteiger partial charge in [-0.2, -0.15) is 0 Å². The van der Waals surface area contributed by atoms with Crippen LogP contribution in [0.4, 0.5) is 5.95 Å². The van der Waals surface area contributed by atoms with Crippen LogP contribution >= 0.6 is 0 Å². The van der Waals surface area contributed by atoms with Crippen LogP contribution in [-0.4, -0.2) is 72.5 Å². The van der Waals surface area contributed by atoms with E-state index in [0.29, 0.717) is 5.92 Å². The molecule has 24 heavy (non-hydrogen) atoms. The van der Waals surface area contributed by atoms with Crippen LogP contribution in [0.3, 0.4) is 0 Å². The molecular weight excluding hydrogens is 302 g/mol. The van der Waals surface area contributed by atoms with Crippen molar-refractivity contribution in [3.8, 4) is 0 Å². The number of nitrogens with zero attached hydrogens (tertiary/aromatic N) is 5. The quantitative estimate of drug-likeness (QED) is 0.761. The van der Waals surface area contributed by atoms with Crippen LogP contribution in [0.1, 0.15) is 26.7 Å². The van der Waals surface area contributed by atoms with E-state index in [2.05, 4.69) is 33.6 Å². The van der Waals surface area contributed by atoms with Crippen LogP contribution in [-0.2, 0) is 4.79 Å². The molecule has 1 aliphatic rings. The van der Waals surface area contributed by atoms with Gasteiger partial charge in [-0.3, -0.25) is 4.79 Å². The van der Waals surface area contributed by atoms with E-state index in [4.69, 9.17) is 0 Å². The van der Waals surface area contributed by atoms with Crippen molar-refractivity contribution < 1.29 is 4.79 Å². The van der Waals surface area contributed by atoms with E-state index in [1.807, 2.05) is 25.1 Å². The number of aromatic nitrogens is 2. The minimum absolute atomic E-state index is 0.0449. The molecule has 1 amide bonds. The van der Waals surface area contributed by atoms with E-state index in [0.717, 1.165) is 51.5 Å². The number of hydrogen-bond donors (Lipinski definition) is 0. The van der Waals surface area contributed by atoms with Gasteiger partial charge < -0.3 is 14.7 Å². The maximum atomic E-state index is 13.1. The Hall–Kier alpha value is -1.69. The smallest absolute Gasteiger partial charge is 0.227 e. The summed E-state index contributed by atoms with van der Waals surface area (Å²) in [6, 6.07) is 1.82. The zero-order valence-electron chi connectivity index (χ0n) is 15.5. The molecule has 0 aromatic carbocycles. The molecule has 0 N–H and O–H groups in total. The number of anilines is 1. The Morgan fingerprint density at radius 3 is 2.62 bits per heavy atom. The molecule has 1 saturated heterocycles. The number of carbonyl (C=O) groups is 1. The van der Waals surface area contributed by atoms with E-state index < -0.39 is 0 Å². The van der Waals surface area contributed by atoms with E-state index in [1.54, 1.807) is 12.4 Å². The van der Waals surface area contributed by atoms with Gasteiger partial charge in [0.1, 0.15) is 0 Å². The Balaban J connectivity index is 2.02. The molecule has 0 saturated carbocycles. The lowest BCUT2D eigenvalue weighted by atomic mass is 9.96. The normalized spacial score (nSPS) is 18.2. The zero-order chi connectivity index (χ0) is 17.5. The summed E-state index contributed by atoms with van der Waals surface area (Å²) in [5.41, 5.74) is 0. The molecule has 1 aliphatic heterocycles. The molecule has 1 fully saturated rings. The monoisotopic (exact) mass is 333 g/mol. The van der Waals surface area contributed by atoms with Crippen LogP contribution < -0.4 is 4.90 Å². The van der Waals surface area contributed by atoms with Gasteiger partial charge in [0, 0.05) is 45.1 Å². The Labute approximate surface area is 145 Å². The summed E-state index contributed by atoms with van der Waals surface area (Å²) in [6.45, 7) is 8.50. The predicted molar refractivity (Wildman–Crippen MR) is 96.9 cm³/mol. The highest BCUT2D eigenvalue weighted by Crippen LogP contribution is 2.22. The number of piperidine rings is 1. The Morgan fingerprint density at radius 1 is 1.29 bits per heavy atom. The van der Waals surface area contributed by atoms with Crippen LogP contribution in [0.2, 0.25) is 0 Å². The predicted octanol–water partition coefficient (Wildman–Crippen LogP) is 1.74. The van der Waals surface area contributed by atoms with E-state index in [1.165, 1.54) is 0 Å². The van der Waals surface area contributed by atoms with Gasteiger partial charge >= 0.3 is 0 Å². The molecule has 1 aromatic heterocycles. The second kappa shape index (κ2) is 8.97. The van der Waals surface area contributed by atoms with E-state index >= 15 is 0 Å². The summed E-state index contributed by atoms with van der Waals surface area (Å²) in [5.74, 6) is 1.54. The van der Waals surface area contributed by atoms with E-state index in [-0.39, 0.29) is 11.8 Å².